The van der Waals surface area contributed by atoms with E-state index in [-0.39, 0.29) is 16.6 Å². The normalized spacial score (nSPS) is 13.4. The van der Waals surface area contributed by atoms with Crippen molar-refractivity contribution in [3.05, 3.63) is 106 Å². The molecule has 0 spiro atoms. The van der Waals surface area contributed by atoms with Crippen LogP contribution in [0, 0.1) is 13.8 Å². The van der Waals surface area contributed by atoms with E-state index in [1.807, 2.05) is 56.3 Å². The molecule has 1 aliphatic heterocycles. The number of hydrogen-bond acceptors (Lipinski definition) is 4. The number of carbonyl (C=O) groups excluding carboxylic acids is 3. The summed E-state index contributed by atoms with van der Waals surface area (Å²) in [6.07, 6.45) is 0.742. The lowest BCUT2D eigenvalue weighted by Gasteiger charge is -2.18. The fourth-order valence-corrected chi connectivity index (χ4v) is 3.92. The van der Waals surface area contributed by atoms with Gasteiger partial charge in [-0.3, -0.25) is 14.4 Å². The average Bonchev–Trinajstić information content (AvgIpc) is 3.04. The zero-order valence-electron chi connectivity index (χ0n) is 18.9. The van der Waals surface area contributed by atoms with Crippen molar-refractivity contribution in [3.63, 3.8) is 0 Å². The first kappa shape index (κ1) is 23.3. The van der Waals surface area contributed by atoms with E-state index in [2.05, 4.69) is 10.6 Å². The summed E-state index contributed by atoms with van der Waals surface area (Å²) in [5.74, 6) is -1.28. The molecule has 0 aromatic heterocycles. The van der Waals surface area contributed by atoms with Crippen LogP contribution in [-0.2, 0) is 16.0 Å². The zero-order valence-corrected chi connectivity index (χ0v) is 19.6. The summed E-state index contributed by atoms with van der Waals surface area (Å²) >= 11 is 6.24. The van der Waals surface area contributed by atoms with Gasteiger partial charge in [0.15, 0.2) is 0 Å². The molecule has 0 aliphatic carbocycles. The fraction of sp³-hybridized carbons (Fsp3) is 0.148. The Morgan fingerprint density at radius 3 is 2.32 bits per heavy atom. The van der Waals surface area contributed by atoms with Gasteiger partial charge in [0, 0.05) is 17.8 Å². The fourth-order valence-electron chi connectivity index (χ4n) is 3.71. The van der Waals surface area contributed by atoms with Crippen molar-refractivity contribution in [2.75, 3.05) is 16.8 Å². The van der Waals surface area contributed by atoms with Crippen LogP contribution < -0.4 is 15.5 Å². The maximum atomic E-state index is 13.0. The smallest absolute Gasteiger partial charge is 0.283 e. The van der Waals surface area contributed by atoms with Gasteiger partial charge in [-0.1, -0.05) is 54.1 Å². The molecule has 1 aliphatic rings. The van der Waals surface area contributed by atoms with Crippen LogP contribution in [0.5, 0.6) is 0 Å². The Morgan fingerprint density at radius 2 is 1.62 bits per heavy atom. The summed E-state index contributed by atoms with van der Waals surface area (Å²) in [5, 5.41) is 5.67. The van der Waals surface area contributed by atoms with Crippen molar-refractivity contribution in [3.8, 4) is 0 Å². The third-order valence-corrected chi connectivity index (χ3v) is 5.94. The number of rotatable bonds is 7. The standard InChI is InChI=1S/C27H24ClN3O3/c1-17-8-9-18(2)22(16-17)31-26(33)23(28)24(27(31)34)30-21-12-10-20(11-13-21)25(32)29-15-14-19-6-4-3-5-7-19/h3-13,16,30H,14-15H2,1-2H3,(H,29,32). The summed E-state index contributed by atoms with van der Waals surface area (Å²) in [4.78, 5) is 39.3. The minimum absolute atomic E-state index is 0.00707. The highest BCUT2D eigenvalue weighted by atomic mass is 35.5. The van der Waals surface area contributed by atoms with Crippen molar-refractivity contribution in [1.82, 2.24) is 5.32 Å². The highest BCUT2D eigenvalue weighted by molar-refractivity contribution is 6.53. The molecular weight excluding hydrogens is 450 g/mol. The van der Waals surface area contributed by atoms with E-state index < -0.39 is 11.8 Å². The lowest BCUT2D eigenvalue weighted by molar-refractivity contribution is -0.120. The number of amides is 3. The van der Waals surface area contributed by atoms with Gasteiger partial charge in [-0.25, -0.2) is 4.90 Å². The monoisotopic (exact) mass is 473 g/mol. The van der Waals surface area contributed by atoms with Gasteiger partial charge in [0.25, 0.3) is 17.7 Å². The van der Waals surface area contributed by atoms with Crippen LogP contribution in [0.25, 0.3) is 0 Å². The lowest BCUT2D eigenvalue weighted by Crippen LogP contribution is -2.33. The van der Waals surface area contributed by atoms with Gasteiger partial charge in [-0.2, -0.15) is 0 Å². The third-order valence-electron chi connectivity index (χ3n) is 5.59. The summed E-state index contributed by atoms with van der Waals surface area (Å²) in [6.45, 7) is 4.25. The zero-order chi connectivity index (χ0) is 24.2. The molecule has 0 bridgehead atoms. The molecule has 0 saturated carbocycles. The van der Waals surface area contributed by atoms with E-state index in [4.69, 9.17) is 11.6 Å². The maximum Gasteiger partial charge on any atom is 0.283 e. The molecule has 2 N–H and O–H groups in total. The highest BCUT2D eigenvalue weighted by Crippen LogP contribution is 2.32. The number of hydrogen-bond donors (Lipinski definition) is 2. The molecule has 6 nitrogen and oxygen atoms in total. The summed E-state index contributed by atoms with van der Waals surface area (Å²) in [5.41, 5.74) is 4.41. The molecular formula is C27H24ClN3O3. The van der Waals surface area contributed by atoms with Gasteiger partial charge < -0.3 is 10.6 Å². The van der Waals surface area contributed by atoms with Gasteiger partial charge in [-0.15, -0.1) is 0 Å². The van der Waals surface area contributed by atoms with Crippen LogP contribution >= 0.6 is 11.6 Å². The van der Waals surface area contributed by atoms with Crippen LogP contribution in [0.1, 0.15) is 27.0 Å². The van der Waals surface area contributed by atoms with Crippen LogP contribution in [-0.4, -0.2) is 24.3 Å². The minimum atomic E-state index is -0.572. The van der Waals surface area contributed by atoms with E-state index in [0.29, 0.717) is 23.5 Å². The molecule has 3 aromatic rings. The molecule has 172 valence electrons. The molecule has 0 radical (unpaired) electrons. The first-order chi connectivity index (χ1) is 16.3. The van der Waals surface area contributed by atoms with E-state index in [0.717, 1.165) is 28.0 Å². The van der Waals surface area contributed by atoms with Gasteiger partial charge in [0.2, 0.25) is 0 Å². The average molecular weight is 474 g/mol. The predicted molar refractivity (Wildman–Crippen MR) is 134 cm³/mol. The largest absolute Gasteiger partial charge is 0.352 e. The summed E-state index contributed by atoms with van der Waals surface area (Å²) in [6, 6.07) is 22.1. The summed E-state index contributed by atoms with van der Waals surface area (Å²) in [7, 11) is 0. The topological polar surface area (TPSA) is 78.5 Å². The van der Waals surface area contributed by atoms with E-state index in [9.17, 15) is 14.4 Å². The molecule has 0 fully saturated rings. The van der Waals surface area contributed by atoms with Crippen molar-refractivity contribution in [2.24, 2.45) is 0 Å². The number of carbonyl (C=O) groups is 3. The van der Waals surface area contributed by atoms with Crippen LogP contribution in [0.3, 0.4) is 0 Å². The van der Waals surface area contributed by atoms with Crippen LogP contribution in [0.2, 0.25) is 0 Å². The maximum absolute atomic E-state index is 13.0. The van der Waals surface area contributed by atoms with Gasteiger partial charge in [0.1, 0.15) is 10.7 Å². The number of halogens is 1. The van der Waals surface area contributed by atoms with E-state index >= 15 is 0 Å². The third kappa shape index (κ3) is 4.87. The lowest BCUT2D eigenvalue weighted by atomic mass is 10.1. The second-order valence-electron chi connectivity index (χ2n) is 8.12. The van der Waals surface area contributed by atoms with Crippen LogP contribution in [0.15, 0.2) is 83.5 Å². The molecule has 3 aromatic carbocycles. The number of anilines is 2. The van der Waals surface area contributed by atoms with Crippen molar-refractivity contribution >= 4 is 40.7 Å². The molecule has 4 rings (SSSR count). The second-order valence-corrected chi connectivity index (χ2v) is 8.50. The number of aryl methyl sites for hydroxylation is 2. The van der Waals surface area contributed by atoms with Crippen molar-refractivity contribution in [2.45, 2.75) is 20.3 Å². The molecule has 0 unspecified atom stereocenters. The summed E-state index contributed by atoms with van der Waals surface area (Å²) < 4.78 is 0. The number of nitrogens with zero attached hydrogens (tertiary/aromatic N) is 1. The number of benzene rings is 3. The predicted octanol–water partition coefficient (Wildman–Crippen LogP) is 4.71. The molecule has 3 amide bonds. The Kier molecular flexibility index (Phi) is 6.80. The Bertz CT molecular complexity index is 1280. The quantitative estimate of drug-likeness (QED) is 0.487. The highest BCUT2D eigenvalue weighted by Gasteiger charge is 2.39. The van der Waals surface area contributed by atoms with Crippen LogP contribution in [0.4, 0.5) is 11.4 Å². The number of nitrogens with one attached hydrogen (secondary N) is 2. The number of imide groups is 1. The first-order valence-electron chi connectivity index (χ1n) is 10.9. The van der Waals surface area contributed by atoms with Gasteiger partial charge >= 0.3 is 0 Å². The van der Waals surface area contributed by atoms with Crippen molar-refractivity contribution in [1.29, 1.82) is 0 Å². The minimum Gasteiger partial charge on any atom is -0.352 e. The van der Waals surface area contributed by atoms with E-state index in [1.54, 1.807) is 30.3 Å². The molecule has 1 heterocycles. The first-order valence-corrected chi connectivity index (χ1v) is 11.3. The SMILES string of the molecule is Cc1ccc(C)c(N2C(=O)C(Cl)=C(Nc3ccc(C(=O)NCCc4ccccc4)cc3)C2=O)c1. The molecule has 0 atom stereocenters. The Labute approximate surface area is 203 Å². The van der Waals surface area contributed by atoms with Crippen molar-refractivity contribution < 1.29 is 14.4 Å². The second kappa shape index (κ2) is 9.93. The molecule has 7 heteroatoms. The molecule has 0 saturated heterocycles. The Morgan fingerprint density at radius 1 is 0.912 bits per heavy atom. The van der Waals surface area contributed by atoms with Gasteiger partial charge in [0.05, 0.1) is 5.69 Å². The van der Waals surface area contributed by atoms with E-state index in [1.165, 1.54) is 0 Å². The Balaban J connectivity index is 1.41. The molecule has 34 heavy (non-hydrogen) atoms. The Hall–Kier alpha value is -3.90. The van der Waals surface area contributed by atoms with Gasteiger partial charge in [-0.05, 0) is 67.3 Å².